The molecule has 110 valence electrons. The van der Waals surface area contributed by atoms with Crippen LogP contribution in [0.3, 0.4) is 0 Å². The molecule has 0 aromatic heterocycles. The lowest BCUT2D eigenvalue weighted by molar-refractivity contribution is 0.0595. The smallest absolute Gasteiger partial charge is 0.306 e. The summed E-state index contributed by atoms with van der Waals surface area (Å²) in [6.07, 6.45) is 4.65. The Labute approximate surface area is 118 Å². The molecule has 0 N–H and O–H groups in total. The van der Waals surface area contributed by atoms with E-state index in [2.05, 4.69) is 39.6 Å². The molecule has 19 heavy (non-hydrogen) atoms. The third kappa shape index (κ3) is 3.07. The highest BCUT2D eigenvalue weighted by Gasteiger charge is 2.52. The Kier molecular flexibility index (Phi) is 3.94. The Morgan fingerprint density at radius 3 is 2.42 bits per heavy atom. The maximum Gasteiger partial charge on any atom is 0.353 e. The molecule has 5 heteroatoms. The van der Waals surface area contributed by atoms with Crippen molar-refractivity contribution in [2.75, 3.05) is 6.61 Å². The minimum atomic E-state index is -3.07. The molecular weight excluding hydrogens is 275 g/mol. The predicted octanol–water partition coefficient (Wildman–Crippen LogP) is 4.81. The quantitative estimate of drug-likeness (QED) is 0.552. The van der Waals surface area contributed by atoms with Gasteiger partial charge in [0, 0.05) is 10.4 Å². The fraction of sp³-hybridized carbons (Fsp3) is 0.857. The fourth-order valence-electron chi connectivity index (χ4n) is 2.85. The molecule has 0 bridgehead atoms. The maximum absolute atomic E-state index is 13.2. The van der Waals surface area contributed by atoms with Crippen LogP contribution in [0.1, 0.15) is 33.6 Å². The van der Waals surface area contributed by atoms with Crippen molar-refractivity contribution in [3.05, 3.63) is 11.0 Å². The first-order valence-corrected chi connectivity index (χ1v) is 12.3. The van der Waals surface area contributed by atoms with Crippen LogP contribution in [0.5, 0.6) is 0 Å². The zero-order chi connectivity index (χ0) is 14.5. The predicted molar refractivity (Wildman–Crippen MR) is 82.0 cm³/mol. The number of hydrogen-bond acceptors (Lipinski definition) is 3. The summed E-state index contributed by atoms with van der Waals surface area (Å²) in [5, 5.41) is 0. The third-order valence-corrected chi connectivity index (χ3v) is 10.2. The van der Waals surface area contributed by atoms with Crippen molar-refractivity contribution in [1.82, 2.24) is 0 Å². The van der Waals surface area contributed by atoms with Gasteiger partial charge in [0.15, 0.2) is 0 Å². The van der Waals surface area contributed by atoms with Crippen LogP contribution in [0.2, 0.25) is 19.6 Å². The molecule has 1 aliphatic heterocycles. The summed E-state index contributed by atoms with van der Waals surface area (Å²) in [4.78, 5) is 0.976. The summed E-state index contributed by atoms with van der Waals surface area (Å²) in [6.45, 7) is 13.4. The van der Waals surface area contributed by atoms with Crippen LogP contribution in [0.4, 0.5) is 0 Å². The van der Waals surface area contributed by atoms with Crippen molar-refractivity contribution in [3.63, 3.8) is 0 Å². The van der Waals surface area contributed by atoms with Crippen LogP contribution < -0.4 is 0 Å². The van der Waals surface area contributed by atoms with Gasteiger partial charge in [-0.2, -0.15) is 0 Å². The van der Waals surface area contributed by atoms with E-state index < -0.39 is 15.7 Å². The molecule has 1 heterocycles. The summed E-state index contributed by atoms with van der Waals surface area (Å²) in [5.74, 6) is 0.559. The monoisotopic (exact) mass is 302 g/mol. The topological polar surface area (TPSA) is 35.5 Å². The summed E-state index contributed by atoms with van der Waals surface area (Å²) in [5.41, 5.74) is -0.0399. The Balaban J connectivity index is 2.44. The molecule has 1 aliphatic carbocycles. The molecule has 0 spiro atoms. The molecule has 0 aromatic carbocycles. The standard InChI is InChI=1S/C14H27O3PSi/c1-7-16-18(15)12(19(4,5)6)10-14(2,3)13(17-18)11-8-9-11/h10-11,13H,7-9H2,1-6H3. The summed E-state index contributed by atoms with van der Waals surface area (Å²) >= 11 is 0. The van der Waals surface area contributed by atoms with Crippen LogP contribution in [0.25, 0.3) is 0 Å². The van der Waals surface area contributed by atoms with E-state index in [-0.39, 0.29) is 11.5 Å². The molecule has 0 radical (unpaired) electrons. The second-order valence-electron chi connectivity index (χ2n) is 7.38. The van der Waals surface area contributed by atoms with E-state index in [1.54, 1.807) is 0 Å². The number of rotatable bonds is 4. The Hall–Kier alpha value is 0.107. The lowest BCUT2D eigenvalue weighted by Gasteiger charge is -2.43. The minimum absolute atomic E-state index is 0.0399. The zero-order valence-corrected chi connectivity index (χ0v) is 14.9. The van der Waals surface area contributed by atoms with Gasteiger partial charge in [0.05, 0.1) is 20.8 Å². The van der Waals surface area contributed by atoms with Crippen molar-refractivity contribution in [3.8, 4) is 0 Å². The number of hydrogen-bond donors (Lipinski definition) is 0. The van der Waals surface area contributed by atoms with Gasteiger partial charge in [-0.05, 0) is 25.7 Å². The van der Waals surface area contributed by atoms with Gasteiger partial charge in [-0.25, -0.2) is 0 Å². The molecule has 2 rings (SSSR count). The lowest BCUT2D eigenvalue weighted by atomic mass is 9.84. The Morgan fingerprint density at radius 2 is 2.00 bits per heavy atom. The van der Waals surface area contributed by atoms with Crippen molar-refractivity contribution in [2.24, 2.45) is 11.3 Å². The van der Waals surface area contributed by atoms with E-state index >= 15 is 0 Å². The highest BCUT2D eigenvalue weighted by Crippen LogP contribution is 2.67. The average molecular weight is 302 g/mol. The second-order valence-corrected chi connectivity index (χ2v) is 14.8. The van der Waals surface area contributed by atoms with Gasteiger partial charge >= 0.3 is 7.60 Å². The second kappa shape index (κ2) is 4.83. The highest BCUT2D eigenvalue weighted by molar-refractivity contribution is 7.62. The van der Waals surface area contributed by atoms with Gasteiger partial charge in [0.2, 0.25) is 0 Å². The van der Waals surface area contributed by atoms with Crippen LogP contribution in [0.15, 0.2) is 11.0 Å². The van der Waals surface area contributed by atoms with Crippen LogP contribution in [-0.2, 0) is 13.6 Å². The first-order valence-electron chi connectivity index (χ1n) is 7.27. The average Bonchev–Trinajstić information content (AvgIpc) is 3.04. The van der Waals surface area contributed by atoms with E-state index in [9.17, 15) is 4.57 Å². The normalized spacial score (nSPS) is 35.1. The van der Waals surface area contributed by atoms with Crippen molar-refractivity contribution in [2.45, 2.75) is 59.4 Å². The SMILES string of the molecule is CCOP1(=O)OC(C2CC2)C(C)(C)C=C1[Si](C)(C)C. The Morgan fingerprint density at radius 1 is 1.42 bits per heavy atom. The summed E-state index contributed by atoms with van der Waals surface area (Å²) < 4.78 is 24.9. The highest BCUT2D eigenvalue weighted by atomic mass is 31.2. The fourth-order valence-corrected chi connectivity index (χ4v) is 9.18. The van der Waals surface area contributed by atoms with Gasteiger partial charge < -0.3 is 9.05 Å². The van der Waals surface area contributed by atoms with E-state index in [0.717, 1.165) is 4.94 Å². The third-order valence-electron chi connectivity index (χ3n) is 3.91. The van der Waals surface area contributed by atoms with Gasteiger partial charge in [-0.1, -0.05) is 39.6 Å². The van der Waals surface area contributed by atoms with Crippen molar-refractivity contribution < 1.29 is 13.6 Å². The summed E-state index contributed by atoms with van der Waals surface area (Å²) in [7, 11) is -4.79. The van der Waals surface area contributed by atoms with Gasteiger partial charge in [-0.15, -0.1) is 0 Å². The van der Waals surface area contributed by atoms with Crippen LogP contribution in [0, 0.1) is 11.3 Å². The van der Waals surface area contributed by atoms with Gasteiger partial charge in [0.25, 0.3) is 0 Å². The Bertz CT molecular complexity index is 432. The summed E-state index contributed by atoms with van der Waals surface area (Å²) in [6, 6.07) is 0. The van der Waals surface area contributed by atoms with Gasteiger partial charge in [0.1, 0.15) is 0 Å². The van der Waals surface area contributed by atoms with E-state index in [1.165, 1.54) is 12.8 Å². The largest absolute Gasteiger partial charge is 0.353 e. The van der Waals surface area contributed by atoms with Crippen LogP contribution >= 0.6 is 7.60 Å². The molecule has 1 fully saturated rings. The first kappa shape index (κ1) is 15.5. The van der Waals surface area contributed by atoms with E-state index in [4.69, 9.17) is 9.05 Å². The molecule has 2 unspecified atom stereocenters. The van der Waals surface area contributed by atoms with Crippen molar-refractivity contribution >= 4 is 15.7 Å². The van der Waals surface area contributed by atoms with E-state index in [1.807, 2.05) is 6.92 Å². The maximum atomic E-state index is 13.2. The van der Waals surface area contributed by atoms with Crippen molar-refractivity contribution in [1.29, 1.82) is 0 Å². The molecule has 1 saturated carbocycles. The first-order chi connectivity index (χ1) is 8.60. The minimum Gasteiger partial charge on any atom is -0.306 e. The zero-order valence-electron chi connectivity index (χ0n) is 13.0. The molecule has 2 atom stereocenters. The molecule has 3 nitrogen and oxygen atoms in total. The molecular formula is C14H27O3PSi. The van der Waals surface area contributed by atoms with E-state index in [0.29, 0.717) is 12.5 Å². The molecule has 0 amide bonds. The molecule has 2 aliphatic rings. The van der Waals surface area contributed by atoms with Gasteiger partial charge in [-0.3, -0.25) is 4.57 Å². The lowest BCUT2D eigenvalue weighted by Crippen LogP contribution is -2.39. The molecule has 0 aromatic rings. The molecule has 0 saturated heterocycles. The van der Waals surface area contributed by atoms with Crippen LogP contribution in [-0.4, -0.2) is 20.8 Å².